The number of allylic oxidation sites excluding steroid dienone is 1. The highest BCUT2D eigenvalue weighted by atomic mass is 19.4. The van der Waals surface area contributed by atoms with Crippen LogP contribution in [0.1, 0.15) is 29.0 Å². The maximum absolute atomic E-state index is 12.7. The summed E-state index contributed by atoms with van der Waals surface area (Å²) in [7, 11) is 0. The Kier molecular flexibility index (Phi) is 4.70. The van der Waals surface area contributed by atoms with E-state index in [0.29, 0.717) is 12.1 Å². The number of carbonyl (C=O) groups excluding carboxylic acids is 1. The van der Waals surface area contributed by atoms with Gasteiger partial charge in [-0.05, 0) is 30.2 Å². The van der Waals surface area contributed by atoms with Gasteiger partial charge in [-0.1, -0.05) is 6.08 Å². The van der Waals surface area contributed by atoms with E-state index < -0.39 is 40.9 Å². The summed E-state index contributed by atoms with van der Waals surface area (Å²) < 4.78 is 76.1. The van der Waals surface area contributed by atoms with Crippen LogP contribution in [0, 0.1) is 0 Å². The second kappa shape index (κ2) is 5.79. The second-order valence-electron chi connectivity index (χ2n) is 4.32. The molecule has 2 nitrogen and oxygen atoms in total. The highest BCUT2D eigenvalue weighted by molar-refractivity contribution is 5.82. The van der Waals surface area contributed by atoms with Crippen LogP contribution in [0.25, 0.3) is 0 Å². The summed E-state index contributed by atoms with van der Waals surface area (Å²) in [5.41, 5.74) is 1.62. The molecule has 1 atom stereocenters. The van der Waals surface area contributed by atoms with Crippen molar-refractivity contribution in [2.75, 3.05) is 0 Å². The largest absolute Gasteiger partial charge is 0.416 e. The van der Waals surface area contributed by atoms with Gasteiger partial charge in [-0.25, -0.2) is 0 Å². The Hall–Kier alpha value is -1.99. The number of alkyl halides is 6. The molecule has 1 aromatic rings. The van der Waals surface area contributed by atoms with E-state index in [2.05, 4.69) is 6.58 Å². The average molecular weight is 311 g/mol. The normalized spacial score (nSPS) is 13.8. The Morgan fingerprint density at radius 1 is 1.10 bits per heavy atom. The van der Waals surface area contributed by atoms with Crippen LogP contribution in [-0.4, -0.2) is 5.91 Å². The summed E-state index contributed by atoms with van der Waals surface area (Å²) in [5.74, 6) is -2.33. The minimum absolute atomic E-state index is 0.00450. The smallest absolute Gasteiger partial charge is 0.369 e. The molecule has 0 bridgehead atoms. The summed E-state index contributed by atoms with van der Waals surface area (Å²) in [6.45, 7) is 3.30. The van der Waals surface area contributed by atoms with E-state index in [1.165, 1.54) is 6.08 Å². The van der Waals surface area contributed by atoms with Crippen LogP contribution in [0.4, 0.5) is 26.3 Å². The summed E-state index contributed by atoms with van der Waals surface area (Å²) in [4.78, 5) is 11.2. The van der Waals surface area contributed by atoms with Gasteiger partial charge in [0, 0.05) is 0 Å². The standard InChI is InChI=1S/C13H11F6NO/c1-2-3-10(11(20)21)7-4-8(12(14,15)16)6-9(5-7)13(17,18)19/h2,4-6,10H,1,3H2,(H2,20,21). The molecule has 0 spiro atoms. The zero-order valence-electron chi connectivity index (χ0n) is 10.6. The molecular weight excluding hydrogens is 300 g/mol. The third kappa shape index (κ3) is 4.24. The topological polar surface area (TPSA) is 43.1 Å². The van der Waals surface area contributed by atoms with Crippen LogP contribution < -0.4 is 5.73 Å². The van der Waals surface area contributed by atoms with Crippen molar-refractivity contribution in [3.05, 3.63) is 47.5 Å². The van der Waals surface area contributed by atoms with Gasteiger partial charge in [0.2, 0.25) is 5.91 Å². The van der Waals surface area contributed by atoms with Gasteiger partial charge in [-0.3, -0.25) is 4.79 Å². The van der Waals surface area contributed by atoms with E-state index in [-0.39, 0.29) is 12.5 Å². The van der Waals surface area contributed by atoms with Gasteiger partial charge in [0.15, 0.2) is 0 Å². The number of benzene rings is 1. The monoisotopic (exact) mass is 311 g/mol. The Labute approximate surface area is 116 Å². The molecule has 1 aromatic carbocycles. The SMILES string of the molecule is C=CCC(C(N)=O)c1cc(C(F)(F)F)cc(C(F)(F)F)c1. The molecule has 0 aliphatic carbocycles. The van der Waals surface area contributed by atoms with Crippen LogP contribution in [0.5, 0.6) is 0 Å². The van der Waals surface area contributed by atoms with Crippen LogP contribution in [0.15, 0.2) is 30.9 Å². The molecule has 8 heteroatoms. The summed E-state index contributed by atoms with van der Waals surface area (Å²) >= 11 is 0. The predicted molar refractivity (Wildman–Crippen MR) is 63.2 cm³/mol. The van der Waals surface area contributed by atoms with Crippen molar-refractivity contribution in [3.63, 3.8) is 0 Å². The van der Waals surface area contributed by atoms with Gasteiger partial charge in [0.05, 0.1) is 17.0 Å². The van der Waals surface area contributed by atoms with Crippen molar-refractivity contribution < 1.29 is 31.1 Å². The summed E-state index contributed by atoms with van der Waals surface area (Å²) in [5, 5.41) is 0. The number of hydrogen-bond donors (Lipinski definition) is 1. The fraction of sp³-hybridized carbons (Fsp3) is 0.308. The summed E-state index contributed by atoms with van der Waals surface area (Å²) in [6.07, 6.45) is -8.89. The van der Waals surface area contributed by atoms with Gasteiger partial charge in [-0.2, -0.15) is 26.3 Å². The molecular formula is C13H11F6NO. The molecule has 0 saturated heterocycles. The molecule has 116 valence electrons. The first-order valence-corrected chi connectivity index (χ1v) is 5.66. The number of amides is 1. The van der Waals surface area contributed by atoms with Crippen LogP contribution in [-0.2, 0) is 17.1 Å². The summed E-state index contributed by atoms with van der Waals surface area (Å²) in [6, 6.07) is 0.984. The lowest BCUT2D eigenvalue weighted by Crippen LogP contribution is -2.22. The molecule has 0 fully saturated rings. The van der Waals surface area contributed by atoms with Gasteiger partial charge >= 0.3 is 12.4 Å². The fourth-order valence-corrected chi connectivity index (χ4v) is 1.76. The zero-order valence-corrected chi connectivity index (χ0v) is 10.6. The van der Waals surface area contributed by atoms with E-state index >= 15 is 0 Å². The number of carbonyl (C=O) groups is 1. The Morgan fingerprint density at radius 3 is 1.81 bits per heavy atom. The number of nitrogens with two attached hydrogens (primary N) is 1. The molecule has 1 unspecified atom stereocenters. The molecule has 0 saturated carbocycles. The first-order chi connectivity index (χ1) is 9.46. The molecule has 2 N–H and O–H groups in total. The van der Waals surface area contributed by atoms with E-state index in [1.54, 1.807) is 0 Å². The van der Waals surface area contributed by atoms with Crippen LogP contribution in [0.2, 0.25) is 0 Å². The minimum Gasteiger partial charge on any atom is -0.369 e. The zero-order chi connectivity index (χ0) is 16.4. The van der Waals surface area contributed by atoms with Crippen molar-refractivity contribution in [1.29, 1.82) is 0 Å². The van der Waals surface area contributed by atoms with Gasteiger partial charge < -0.3 is 5.73 Å². The van der Waals surface area contributed by atoms with Crippen molar-refractivity contribution in [1.82, 2.24) is 0 Å². The fourth-order valence-electron chi connectivity index (χ4n) is 1.76. The Balaban J connectivity index is 3.50. The third-order valence-electron chi connectivity index (χ3n) is 2.76. The quantitative estimate of drug-likeness (QED) is 0.666. The maximum Gasteiger partial charge on any atom is 0.416 e. The number of hydrogen-bond acceptors (Lipinski definition) is 1. The van der Waals surface area contributed by atoms with E-state index in [4.69, 9.17) is 5.73 Å². The van der Waals surface area contributed by atoms with Crippen molar-refractivity contribution in [2.45, 2.75) is 24.7 Å². The van der Waals surface area contributed by atoms with Crippen molar-refractivity contribution in [2.24, 2.45) is 5.73 Å². The molecule has 1 amide bonds. The Bertz CT molecular complexity index is 514. The number of halogens is 6. The van der Waals surface area contributed by atoms with E-state index in [1.807, 2.05) is 0 Å². The number of primary amides is 1. The predicted octanol–water partition coefficient (Wildman–Crippen LogP) is 3.87. The molecule has 0 aromatic heterocycles. The van der Waals surface area contributed by atoms with Crippen molar-refractivity contribution >= 4 is 5.91 Å². The minimum atomic E-state index is -4.97. The Morgan fingerprint density at radius 2 is 1.52 bits per heavy atom. The third-order valence-corrected chi connectivity index (χ3v) is 2.76. The van der Waals surface area contributed by atoms with E-state index in [9.17, 15) is 31.1 Å². The first kappa shape index (κ1) is 17.1. The highest BCUT2D eigenvalue weighted by Gasteiger charge is 2.37. The van der Waals surface area contributed by atoms with Gasteiger partial charge in [0.25, 0.3) is 0 Å². The molecule has 21 heavy (non-hydrogen) atoms. The lowest BCUT2D eigenvalue weighted by Gasteiger charge is -2.17. The van der Waals surface area contributed by atoms with Crippen LogP contribution >= 0.6 is 0 Å². The molecule has 0 radical (unpaired) electrons. The molecule has 0 aliphatic rings. The second-order valence-corrected chi connectivity index (χ2v) is 4.32. The van der Waals surface area contributed by atoms with Crippen molar-refractivity contribution in [3.8, 4) is 0 Å². The van der Waals surface area contributed by atoms with Gasteiger partial charge in [0.1, 0.15) is 0 Å². The first-order valence-electron chi connectivity index (χ1n) is 5.66. The molecule has 0 aliphatic heterocycles. The van der Waals surface area contributed by atoms with Crippen LogP contribution in [0.3, 0.4) is 0 Å². The maximum atomic E-state index is 12.7. The molecule has 0 heterocycles. The van der Waals surface area contributed by atoms with Gasteiger partial charge in [-0.15, -0.1) is 6.58 Å². The number of rotatable bonds is 4. The molecule has 1 rings (SSSR count). The van der Waals surface area contributed by atoms with E-state index in [0.717, 1.165) is 0 Å². The lowest BCUT2D eigenvalue weighted by molar-refractivity contribution is -0.143. The average Bonchev–Trinajstić information content (AvgIpc) is 2.32. The highest BCUT2D eigenvalue weighted by Crippen LogP contribution is 2.38. The lowest BCUT2D eigenvalue weighted by atomic mass is 9.91.